The SMILES string of the molecule is CCOc1[c]nn(C)c1CC. The highest BCUT2D eigenvalue weighted by atomic mass is 16.5. The van der Waals surface area contributed by atoms with Crippen LogP contribution in [0.15, 0.2) is 0 Å². The van der Waals surface area contributed by atoms with Crippen LogP contribution in [0.5, 0.6) is 5.75 Å². The molecule has 0 atom stereocenters. The van der Waals surface area contributed by atoms with Gasteiger partial charge >= 0.3 is 0 Å². The van der Waals surface area contributed by atoms with E-state index in [2.05, 4.69) is 18.2 Å². The van der Waals surface area contributed by atoms with Crippen molar-refractivity contribution >= 4 is 0 Å². The zero-order valence-corrected chi connectivity index (χ0v) is 7.22. The summed E-state index contributed by atoms with van der Waals surface area (Å²) in [6.07, 6.45) is 3.75. The lowest BCUT2D eigenvalue weighted by molar-refractivity contribution is 0.335. The maximum atomic E-state index is 5.31. The fraction of sp³-hybridized carbons (Fsp3) is 0.625. The molecule has 1 aromatic heterocycles. The minimum atomic E-state index is 0.676. The van der Waals surface area contributed by atoms with Gasteiger partial charge in [0.2, 0.25) is 0 Å². The molecule has 0 unspecified atom stereocenters. The second kappa shape index (κ2) is 3.42. The van der Waals surface area contributed by atoms with Gasteiger partial charge in [-0.05, 0) is 13.3 Å². The summed E-state index contributed by atoms with van der Waals surface area (Å²) >= 11 is 0. The van der Waals surface area contributed by atoms with E-state index < -0.39 is 0 Å². The molecule has 0 saturated heterocycles. The second-order valence-electron chi connectivity index (χ2n) is 2.30. The Hall–Kier alpha value is -0.990. The number of aromatic nitrogens is 2. The zero-order chi connectivity index (χ0) is 8.27. The van der Waals surface area contributed by atoms with Crippen molar-refractivity contribution in [3.8, 4) is 5.75 Å². The predicted octanol–water partition coefficient (Wildman–Crippen LogP) is 1.18. The maximum absolute atomic E-state index is 5.31. The molecule has 0 fully saturated rings. The van der Waals surface area contributed by atoms with Crippen LogP contribution in [-0.2, 0) is 13.5 Å². The van der Waals surface area contributed by atoms with E-state index in [0.717, 1.165) is 17.9 Å². The summed E-state index contributed by atoms with van der Waals surface area (Å²) in [4.78, 5) is 0. The van der Waals surface area contributed by atoms with E-state index >= 15 is 0 Å². The average molecular weight is 153 g/mol. The predicted molar refractivity (Wildman–Crippen MR) is 42.6 cm³/mol. The highest BCUT2D eigenvalue weighted by Crippen LogP contribution is 2.15. The molecule has 11 heavy (non-hydrogen) atoms. The first-order chi connectivity index (χ1) is 5.29. The Bertz CT molecular complexity index is 230. The van der Waals surface area contributed by atoms with Crippen molar-refractivity contribution in [3.63, 3.8) is 0 Å². The fourth-order valence-electron chi connectivity index (χ4n) is 1.04. The van der Waals surface area contributed by atoms with Crippen LogP contribution in [0.4, 0.5) is 0 Å². The molecule has 0 aliphatic heterocycles. The molecular weight excluding hydrogens is 140 g/mol. The van der Waals surface area contributed by atoms with Gasteiger partial charge in [-0.1, -0.05) is 6.92 Å². The van der Waals surface area contributed by atoms with Gasteiger partial charge in [-0.3, -0.25) is 4.68 Å². The van der Waals surface area contributed by atoms with Crippen molar-refractivity contribution in [2.75, 3.05) is 6.61 Å². The van der Waals surface area contributed by atoms with Crippen molar-refractivity contribution in [1.29, 1.82) is 0 Å². The molecule has 61 valence electrons. The summed E-state index contributed by atoms with van der Waals surface area (Å²) in [5.74, 6) is 0.789. The number of aryl methyl sites for hydroxylation is 1. The minimum absolute atomic E-state index is 0.676. The second-order valence-corrected chi connectivity index (χ2v) is 2.30. The average Bonchev–Trinajstić information content (AvgIpc) is 2.33. The third kappa shape index (κ3) is 1.53. The molecule has 1 heterocycles. The van der Waals surface area contributed by atoms with E-state index in [1.54, 1.807) is 4.68 Å². The molecule has 3 heteroatoms. The van der Waals surface area contributed by atoms with E-state index in [1.807, 2.05) is 14.0 Å². The molecule has 0 bridgehead atoms. The van der Waals surface area contributed by atoms with E-state index in [1.165, 1.54) is 0 Å². The fourth-order valence-corrected chi connectivity index (χ4v) is 1.04. The van der Waals surface area contributed by atoms with Crippen molar-refractivity contribution in [2.24, 2.45) is 7.05 Å². The molecule has 0 aromatic carbocycles. The zero-order valence-electron chi connectivity index (χ0n) is 7.22. The van der Waals surface area contributed by atoms with Gasteiger partial charge < -0.3 is 4.74 Å². The van der Waals surface area contributed by atoms with Crippen LogP contribution in [-0.4, -0.2) is 16.4 Å². The van der Waals surface area contributed by atoms with Crippen LogP contribution < -0.4 is 4.74 Å². The van der Waals surface area contributed by atoms with Gasteiger partial charge in [-0.15, -0.1) is 0 Å². The normalized spacial score (nSPS) is 10.1. The monoisotopic (exact) mass is 153 g/mol. The first-order valence-electron chi connectivity index (χ1n) is 3.85. The quantitative estimate of drug-likeness (QED) is 0.652. The van der Waals surface area contributed by atoms with Crippen molar-refractivity contribution in [3.05, 3.63) is 11.9 Å². The molecule has 1 rings (SSSR count). The first-order valence-corrected chi connectivity index (χ1v) is 3.85. The molecule has 0 aliphatic carbocycles. The van der Waals surface area contributed by atoms with Crippen molar-refractivity contribution in [1.82, 2.24) is 9.78 Å². The molecular formula is C8H13N2O. The first kappa shape index (κ1) is 8.11. The summed E-state index contributed by atoms with van der Waals surface area (Å²) < 4.78 is 7.11. The van der Waals surface area contributed by atoms with E-state index in [4.69, 9.17) is 4.74 Å². The summed E-state index contributed by atoms with van der Waals surface area (Å²) in [6.45, 7) is 4.71. The molecule has 3 nitrogen and oxygen atoms in total. The lowest BCUT2D eigenvalue weighted by atomic mass is 10.3. The smallest absolute Gasteiger partial charge is 0.170 e. The standard InChI is InChI=1S/C8H13N2O/c1-4-7-8(11-5-2)6-9-10(7)3/h4-5H2,1-3H3. The summed E-state index contributed by atoms with van der Waals surface area (Å²) in [6, 6.07) is 0. The van der Waals surface area contributed by atoms with Crippen molar-refractivity contribution in [2.45, 2.75) is 20.3 Å². The Morgan fingerprint density at radius 2 is 2.27 bits per heavy atom. The van der Waals surface area contributed by atoms with Gasteiger partial charge in [0.05, 0.1) is 12.3 Å². The summed E-state index contributed by atoms with van der Waals surface area (Å²) in [5.41, 5.74) is 1.10. The molecule has 0 saturated carbocycles. The van der Waals surface area contributed by atoms with Crippen LogP contribution in [0.3, 0.4) is 0 Å². The van der Waals surface area contributed by atoms with Gasteiger partial charge in [-0.2, -0.15) is 5.10 Å². The van der Waals surface area contributed by atoms with Gasteiger partial charge in [-0.25, -0.2) is 0 Å². The van der Waals surface area contributed by atoms with Gasteiger partial charge in [0, 0.05) is 7.05 Å². The molecule has 1 radical (unpaired) electrons. The van der Waals surface area contributed by atoms with Crippen LogP contribution in [0, 0.1) is 6.20 Å². The van der Waals surface area contributed by atoms with E-state index in [-0.39, 0.29) is 0 Å². The van der Waals surface area contributed by atoms with Gasteiger partial charge in [0.25, 0.3) is 0 Å². The molecule has 0 amide bonds. The number of hydrogen-bond acceptors (Lipinski definition) is 2. The van der Waals surface area contributed by atoms with Crippen LogP contribution in [0.25, 0.3) is 0 Å². The Morgan fingerprint density at radius 1 is 1.55 bits per heavy atom. The lowest BCUT2D eigenvalue weighted by Gasteiger charge is -2.02. The lowest BCUT2D eigenvalue weighted by Crippen LogP contribution is -1.99. The van der Waals surface area contributed by atoms with E-state index in [0.29, 0.717) is 6.61 Å². The van der Waals surface area contributed by atoms with Gasteiger partial charge in [0.1, 0.15) is 0 Å². The Labute approximate surface area is 67.0 Å². The summed E-state index contributed by atoms with van der Waals surface area (Å²) in [5, 5.41) is 3.97. The summed E-state index contributed by atoms with van der Waals surface area (Å²) in [7, 11) is 1.90. The Morgan fingerprint density at radius 3 is 2.82 bits per heavy atom. The molecule has 0 aliphatic rings. The Balaban J connectivity index is 2.86. The van der Waals surface area contributed by atoms with Crippen LogP contribution in [0.2, 0.25) is 0 Å². The number of rotatable bonds is 3. The number of ether oxygens (including phenoxy) is 1. The molecule has 0 N–H and O–H groups in total. The third-order valence-corrected chi connectivity index (χ3v) is 1.58. The molecule has 1 aromatic rings. The topological polar surface area (TPSA) is 27.1 Å². The van der Waals surface area contributed by atoms with Crippen LogP contribution in [0.1, 0.15) is 19.5 Å². The third-order valence-electron chi connectivity index (χ3n) is 1.58. The number of nitrogens with zero attached hydrogens (tertiary/aromatic N) is 2. The number of hydrogen-bond donors (Lipinski definition) is 0. The molecule has 0 spiro atoms. The maximum Gasteiger partial charge on any atom is 0.170 e. The van der Waals surface area contributed by atoms with E-state index in [9.17, 15) is 0 Å². The minimum Gasteiger partial charge on any atom is -0.490 e. The largest absolute Gasteiger partial charge is 0.490 e. The van der Waals surface area contributed by atoms with Crippen LogP contribution >= 0.6 is 0 Å². The Kier molecular flexibility index (Phi) is 2.52. The van der Waals surface area contributed by atoms with Crippen molar-refractivity contribution < 1.29 is 4.74 Å². The highest BCUT2D eigenvalue weighted by molar-refractivity contribution is 5.23. The highest BCUT2D eigenvalue weighted by Gasteiger charge is 2.06. The van der Waals surface area contributed by atoms with Gasteiger partial charge in [0.15, 0.2) is 11.9 Å².